The van der Waals surface area contributed by atoms with Gasteiger partial charge in [-0.1, -0.05) is 23.7 Å². The summed E-state index contributed by atoms with van der Waals surface area (Å²) in [6.45, 7) is 0. The Morgan fingerprint density at radius 1 is 0.234 bits per heavy atom. The Hall–Kier alpha value is -11.3. The molecule has 0 atom stereocenters. The molecule has 94 heavy (non-hydrogen) atoms. The van der Waals surface area contributed by atoms with Gasteiger partial charge in [0.05, 0.1) is 0 Å². The molecule has 0 aromatic carbocycles. The molecule has 0 N–H and O–H groups in total. The number of pyridine rings is 4. The van der Waals surface area contributed by atoms with E-state index >= 15 is 0 Å². The average Bonchev–Trinajstić information content (AvgIpc) is 1.47. The molecule has 0 bridgehead atoms. The zero-order valence-electron chi connectivity index (χ0n) is 46.8. The fraction of sp³-hybridized carbons (Fsp3) is 0. The third kappa shape index (κ3) is 29.1. The monoisotopic (exact) mass is 1400 g/mol. The topological polar surface area (TPSA) is 194 Å². The number of rotatable bonds is 8. The molecule has 42 heteroatoms. The summed E-state index contributed by atoms with van der Waals surface area (Å²) in [7, 11) is -24.0. The maximum atomic E-state index is 9.75. The van der Waals surface area contributed by atoms with Crippen LogP contribution in [0.15, 0.2) is 196 Å². The zero-order chi connectivity index (χ0) is 67.5. The molecule has 484 valence electrons. The van der Waals surface area contributed by atoms with Crippen LogP contribution >= 0.6 is 0 Å². The standard InChI is InChI=1S/4C13H9N5.4BF4.2Fe/c4*1-2-11-9-12(17-7-3-5-14-17)16-13(10-11)18-8-4-6-15-18;4*2-1(3,4)5;;/h4*1,3-10H;;;;;;/q;;;;4*-1;2*+2. The van der Waals surface area contributed by atoms with E-state index in [-0.39, 0.29) is 34.1 Å². The van der Waals surface area contributed by atoms with Crippen molar-refractivity contribution in [1.82, 2.24) is 98.2 Å². The van der Waals surface area contributed by atoms with E-state index in [9.17, 15) is 69.1 Å². The van der Waals surface area contributed by atoms with E-state index < -0.39 is 29.0 Å². The van der Waals surface area contributed by atoms with Crippen LogP contribution < -0.4 is 0 Å². The minimum atomic E-state index is -6.00. The van der Waals surface area contributed by atoms with Crippen LogP contribution in [0.2, 0.25) is 0 Å². The van der Waals surface area contributed by atoms with Gasteiger partial charge in [0.2, 0.25) is 0 Å². The summed E-state index contributed by atoms with van der Waals surface area (Å²) in [6.07, 6.45) is 49.9. The summed E-state index contributed by atoms with van der Waals surface area (Å²) in [6, 6.07) is 29.1. The first-order chi connectivity index (χ1) is 43.5. The van der Waals surface area contributed by atoms with Gasteiger partial charge in [0.25, 0.3) is 0 Å². The molecule has 0 saturated heterocycles. The zero-order valence-corrected chi connectivity index (χ0v) is 49.0. The maximum Gasteiger partial charge on any atom is 2.00 e. The number of terminal acetylenes is 4. The van der Waals surface area contributed by atoms with Gasteiger partial charge in [-0.25, -0.2) is 57.4 Å². The third-order valence-electron chi connectivity index (χ3n) is 9.77. The Kier molecular flexibility index (Phi) is 29.9. The number of hydrogen-bond acceptors (Lipinski definition) is 12. The molecule has 12 aromatic rings. The Morgan fingerprint density at radius 2 is 0.340 bits per heavy atom. The molecule has 12 aromatic heterocycles. The van der Waals surface area contributed by atoms with Crippen LogP contribution in [0.4, 0.5) is 69.1 Å². The number of nitrogens with zero attached hydrogens (tertiary/aromatic N) is 20. The van der Waals surface area contributed by atoms with E-state index in [1.807, 2.05) is 98.1 Å². The Morgan fingerprint density at radius 3 is 0.415 bits per heavy atom. The van der Waals surface area contributed by atoms with Gasteiger partial charge in [-0.15, -0.1) is 25.7 Å². The van der Waals surface area contributed by atoms with E-state index in [0.29, 0.717) is 46.5 Å². The van der Waals surface area contributed by atoms with Crippen molar-refractivity contribution < 1.29 is 103 Å². The van der Waals surface area contributed by atoms with Crippen LogP contribution in [-0.4, -0.2) is 127 Å². The van der Waals surface area contributed by atoms with Crippen molar-refractivity contribution in [3.8, 4) is 95.9 Å². The second-order valence-corrected chi connectivity index (χ2v) is 16.5. The van der Waals surface area contributed by atoms with Gasteiger partial charge < -0.3 is 69.1 Å². The smallest absolute Gasteiger partial charge is 0.418 e. The number of halogens is 16. The predicted molar refractivity (Wildman–Crippen MR) is 306 cm³/mol. The molecular weight excluding hydrogens is 1360 g/mol. The van der Waals surface area contributed by atoms with Crippen LogP contribution in [0.3, 0.4) is 0 Å². The molecule has 0 unspecified atom stereocenters. The van der Waals surface area contributed by atoms with E-state index in [1.165, 1.54) is 0 Å². The fourth-order valence-corrected chi connectivity index (χ4v) is 6.51. The third-order valence-corrected chi connectivity index (χ3v) is 9.77. The van der Waals surface area contributed by atoms with Crippen LogP contribution in [0.25, 0.3) is 46.5 Å². The van der Waals surface area contributed by atoms with Crippen LogP contribution in [-0.2, 0) is 34.1 Å². The minimum absolute atomic E-state index is 0. The van der Waals surface area contributed by atoms with Crippen LogP contribution in [0.1, 0.15) is 22.3 Å². The first-order valence-electron chi connectivity index (χ1n) is 24.9. The van der Waals surface area contributed by atoms with Gasteiger partial charge in [0.15, 0.2) is 46.5 Å². The summed E-state index contributed by atoms with van der Waals surface area (Å²) >= 11 is 0. The molecule has 0 aliphatic carbocycles. The molecule has 0 fully saturated rings. The fourth-order valence-electron chi connectivity index (χ4n) is 6.51. The van der Waals surface area contributed by atoms with E-state index in [0.717, 1.165) is 22.3 Å². The molecular formula is C52H36B4F16Fe2N20. The van der Waals surface area contributed by atoms with E-state index in [2.05, 4.69) is 84.4 Å². The summed E-state index contributed by atoms with van der Waals surface area (Å²) in [4.78, 5) is 17.9. The van der Waals surface area contributed by atoms with Crippen molar-refractivity contribution in [1.29, 1.82) is 0 Å². The number of hydrogen-bond donors (Lipinski definition) is 0. The molecule has 0 saturated carbocycles. The first-order valence-corrected chi connectivity index (χ1v) is 24.9. The van der Waals surface area contributed by atoms with Crippen LogP contribution in [0, 0.1) is 49.4 Å². The van der Waals surface area contributed by atoms with Crippen molar-refractivity contribution in [3.63, 3.8) is 0 Å². The molecule has 0 spiro atoms. The van der Waals surface area contributed by atoms with Gasteiger partial charge in [-0.05, 0) is 97.1 Å². The second-order valence-electron chi connectivity index (χ2n) is 16.5. The molecule has 12 rings (SSSR count). The Bertz CT molecular complexity index is 3500. The Balaban J connectivity index is 0.000000296. The van der Waals surface area contributed by atoms with E-state index in [4.69, 9.17) is 25.7 Å². The molecule has 20 nitrogen and oxygen atoms in total. The van der Waals surface area contributed by atoms with Crippen LogP contribution in [0.5, 0.6) is 0 Å². The van der Waals surface area contributed by atoms with Crippen molar-refractivity contribution >= 4 is 29.0 Å². The molecule has 0 radical (unpaired) electrons. The summed E-state index contributed by atoms with van der Waals surface area (Å²) in [5, 5.41) is 33.1. The maximum absolute atomic E-state index is 9.75. The van der Waals surface area contributed by atoms with Gasteiger partial charge in [0, 0.05) is 121 Å². The predicted octanol–water partition coefficient (Wildman–Crippen LogP) is 10.9. The minimum Gasteiger partial charge on any atom is -0.418 e. The summed E-state index contributed by atoms with van der Waals surface area (Å²) < 4.78 is 169. The molecule has 0 aliphatic heterocycles. The molecule has 12 heterocycles. The van der Waals surface area contributed by atoms with Crippen molar-refractivity contribution in [3.05, 3.63) is 218 Å². The molecule has 0 amide bonds. The first kappa shape index (κ1) is 76.9. The van der Waals surface area contributed by atoms with Gasteiger partial charge in [-0.3, -0.25) is 0 Å². The van der Waals surface area contributed by atoms with Crippen molar-refractivity contribution in [2.75, 3.05) is 0 Å². The number of aromatic nitrogens is 20. The Labute approximate surface area is 542 Å². The average molecular weight is 1400 g/mol. The van der Waals surface area contributed by atoms with Gasteiger partial charge >= 0.3 is 63.2 Å². The molecule has 0 aliphatic rings. The largest absolute Gasteiger partial charge is 2.00 e. The summed E-state index contributed by atoms with van der Waals surface area (Å²) in [5.41, 5.74) is 2.95. The normalized spacial score (nSPS) is 10.3. The quantitative estimate of drug-likeness (QED) is 0.0795. The van der Waals surface area contributed by atoms with Crippen molar-refractivity contribution in [2.24, 2.45) is 0 Å². The summed E-state index contributed by atoms with van der Waals surface area (Å²) in [5.74, 6) is 15.8. The second kappa shape index (κ2) is 36.5. The van der Waals surface area contributed by atoms with E-state index in [1.54, 1.807) is 136 Å². The van der Waals surface area contributed by atoms with Gasteiger partial charge in [-0.2, -0.15) is 40.8 Å². The van der Waals surface area contributed by atoms with Gasteiger partial charge in [0.1, 0.15) is 0 Å². The van der Waals surface area contributed by atoms with Crippen molar-refractivity contribution in [2.45, 2.75) is 0 Å². The SMILES string of the molecule is C#Cc1cc(-n2cccn2)nc(-n2cccn2)c1.C#Cc1cc(-n2cccn2)nc(-n2cccn2)c1.C#Cc1cc(-n2cccn2)nc(-n2cccn2)c1.C#Cc1cc(-n2cccn2)nc(-n2cccn2)c1.F[B-](F)(F)F.F[B-](F)(F)F.F[B-](F)(F)F.F[B-](F)(F)F.[Fe+2].[Fe+2].